The molecule has 0 spiro atoms. The van der Waals surface area contributed by atoms with Gasteiger partial charge in [0.1, 0.15) is 0 Å². The van der Waals surface area contributed by atoms with E-state index < -0.39 is 0 Å². The van der Waals surface area contributed by atoms with E-state index in [1.165, 1.54) is 0 Å². The van der Waals surface area contributed by atoms with E-state index in [4.69, 9.17) is 28.9 Å². The van der Waals surface area contributed by atoms with Gasteiger partial charge in [0.15, 0.2) is 0 Å². The molecule has 1 heterocycles. The molecule has 2 aromatic rings. The lowest BCUT2D eigenvalue weighted by atomic mass is 10.0. The molecule has 0 saturated carbocycles. The van der Waals surface area contributed by atoms with Gasteiger partial charge in [-0.3, -0.25) is 4.68 Å². The van der Waals surface area contributed by atoms with E-state index in [2.05, 4.69) is 21.0 Å². The van der Waals surface area contributed by atoms with E-state index in [-0.39, 0.29) is 6.04 Å². The Labute approximate surface area is 124 Å². The molecule has 0 aliphatic rings. The number of halogens is 3. The average Bonchev–Trinajstić information content (AvgIpc) is 2.73. The molecule has 1 unspecified atom stereocenters. The first-order valence-corrected chi connectivity index (χ1v) is 7.01. The van der Waals surface area contributed by atoms with Crippen molar-refractivity contribution in [3.63, 3.8) is 0 Å². The van der Waals surface area contributed by atoms with E-state index in [0.717, 1.165) is 22.3 Å². The summed E-state index contributed by atoms with van der Waals surface area (Å²) in [5.74, 6) is 0. The summed E-state index contributed by atoms with van der Waals surface area (Å²) in [7, 11) is 0. The maximum atomic E-state index is 6.24. The van der Waals surface area contributed by atoms with Crippen LogP contribution in [0.15, 0.2) is 28.9 Å². The summed E-state index contributed by atoms with van der Waals surface area (Å²) in [6.45, 7) is 2.72. The Morgan fingerprint density at radius 1 is 1.39 bits per heavy atom. The smallest absolute Gasteiger partial charge is 0.0837 e. The summed E-state index contributed by atoms with van der Waals surface area (Å²) >= 11 is 15.6. The number of hydrogen-bond acceptors (Lipinski definition) is 2. The Hall–Kier alpha value is -0.550. The van der Waals surface area contributed by atoms with Crippen molar-refractivity contribution in [3.05, 3.63) is 50.2 Å². The van der Waals surface area contributed by atoms with Crippen LogP contribution in [0.3, 0.4) is 0 Å². The van der Waals surface area contributed by atoms with E-state index >= 15 is 0 Å². The van der Waals surface area contributed by atoms with E-state index in [9.17, 15) is 0 Å². The quantitative estimate of drug-likeness (QED) is 0.910. The van der Waals surface area contributed by atoms with Crippen LogP contribution in [0.2, 0.25) is 10.0 Å². The minimum Gasteiger partial charge on any atom is -0.319 e. The molecule has 0 saturated heterocycles. The van der Waals surface area contributed by atoms with Gasteiger partial charge in [-0.1, -0.05) is 29.3 Å². The SMILES string of the molecule is CCn1ncc(Cl)c1C(N)c1ccc(Br)c(Cl)c1. The Bertz CT molecular complexity index is 568. The van der Waals surface area contributed by atoms with Gasteiger partial charge < -0.3 is 5.73 Å². The summed E-state index contributed by atoms with van der Waals surface area (Å²) < 4.78 is 2.64. The van der Waals surface area contributed by atoms with Gasteiger partial charge >= 0.3 is 0 Å². The predicted octanol–water partition coefficient (Wildman–Crippen LogP) is 4.02. The Morgan fingerprint density at radius 2 is 2.11 bits per heavy atom. The molecule has 96 valence electrons. The van der Waals surface area contributed by atoms with Crippen molar-refractivity contribution in [1.29, 1.82) is 0 Å². The molecule has 2 N–H and O–H groups in total. The predicted molar refractivity (Wildman–Crippen MR) is 78.1 cm³/mol. The van der Waals surface area contributed by atoms with Crippen LogP contribution >= 0.6 is 39.1 Å². The third kappa shape index (κ3) is 2.57. The first kappa shape index (κ1) is 13.9. The third-order valence-electron chi connectivity index (χ3n) is 2.73. The zero-order chi connectivity index (χ0) is 13.3. The Morgan fingerprint density at radius 3 is 2.72 bits per heavy atom. The summed E-state index contributed by atoms with van der Waals surface area (Å²) in [6.07, 6.45) is 1.61. The standard InChI is InChI=1S/C12H12BrCl2N3/c1-2-18-12(10(15)6-17-18)11(16)7-3-4-8(13)9(14)5-7/h3-6,11H,2,16H2,1H3. The van der Waals surface area contributed by atoms with Crippen LogP contribution in [0, 0.1) is 0 Å². The largest absolute Gasteiger partial charge is 0.319 e. The van der Waals surface area contributed by atoms with Crippen molar-refractivity contribution < 1.29 is 0 Å². The first-order chi connectivity index (χ1) is 8.54. The van der Waals surface area contributed by atoms with Gasteiger partial charge in [-0.15, -0.1) is 0 Å². The number of benzene rings is 1. The molecule has 0 radical (unpaired) electrons. The molecule has 6 heteroatoms. The molecule has 2 rings (SSSR count). The minimum atomic E-state index is -0.342. The second kappa shape index (κ2) is 5.61. The molecular formula is C12H12BrCl2N3. The highest BCUT2D eigenvalue weighted by Crippen LogP contribution is 2.30. The van der Waals surface area contributed by atoms with Crippen molar-refractivity contribution in [2.24, 2.45) is 5.73 Å². The lowest BCUT2D eigenvalue weighted by Crippen LogP contribution is -2.17. The summed E-state index contributed by atoms with van der Waals surface area (Å²) in [6, 6.07) is 5.28. The van der Waals surface area contributed by atoms with Gasteiger partial charge in [0.2, 0.25) is 0 Å². The summed E-state index contributed by atoms with van der Waals surface area (Å²) in [4.78, 5) is 0. The molecule has 0 amide bonds. The molecule has 0 aliphatic heterocycles. The fourth-order valence-corrected chi connectivity index (χ4v) is 2.49. The van der Waals surface area contributed by atoms with Crippen molar-refractivity contribution in [2.75, 3.05) is 0 Å². The third-order valence-corrected chi connectivity index (χ3v) is 4.25. The highest BCUT2D eigenvalue weighted by molar-refractivity contribution is 9.10. The molecule has 18 heavy (non-hydrogen) atoms. The first-order valence-electron chi connectivity index (χ1n) is 5.46. The van der Waals surface area contributed by atoms with Crippen LogP contribution in [0.25, 0.3) is 0 Å². The van der Waals surface area contributed by atoms with E-state index in [0.29, 0.717) is 10.0 Å². The number of nitrogens with two attached hydrogens (primary N) is 1. The van der Waals surface area contributed by atoms with Gasteiger partial charge in [0, 0.05) is 11.0 Å². The van der Waals surface area contributed by atoms with Crippen molar-refractivity contribution in [2.45, 2.75) is 19.5 Å². The van der Waals surface area contributed by atoms with E-state index in [1.807, 2.05) is 25.1 Å². The molecule has 1 atom stereocenters. The van der Waals surface area contributed by atoms with Crippen LogP contribution in [0.1, 0.15) is 24.2 Å². The average molecular weight is 349 g/mol. The lowest BCUT2D eigenvalue weighted by molar-refractivity contribution is 0.601. The van der Waals surface area contributed by atoms with Crippen LogP contribution < -0.4 is 5.73 Å². The zero-order valence-electron chi connectivity index (χ0n) is 9.70. The Balaban J connectivity index is 2.44. The molecule has 0 bridgehead atoms. The lowest BCUT2D eigenvalue weighted by Gasteiger charge is -2.15. The number of rotatable bonds is 3. The second-order valence-corrected chi connectivity index (χ2v) is 5.51. The van der Waals surface area contributed by atoms with Gasteiger partial charge in [0.05, 0.1) is 28.0 Å². The molecule has 0 aliphatic carbocycles. The fraction of sp³-hybridized carbons (Fsp3) is 0.250. The minimum absolute atomic E-state index is 0.342. The normalized spacial score (nSPS) is 12.7. The van der Waals surface area contributed by atoms with Gasteiger partial charge in [-0.05, 0) is 40.5 Å². The highest BCUT2D eigenvalue weighted by atomic mass is 79.9. The zero-order valence-corrected chi connectivity index (χ0v) is 12.8. The van der Waals surface area contributed by atoms with Crippen LogP contribution in [-0.4, -0.2) is 9.78 Å². The highest BCUT2D eigenvalue weighted by Gasteiger charge is 2.18. The number of hydrogen-bond donors (Lipinski definition) is 1. The van der Waals surface area contributed by atoms with Crippen molar-refractivity contribution in [1.82, 2.24) is 9.78 Å². The molecule has 1 aromatic carbocycles. The van der Waals surface area contributed by atoms with Crippen LogP contribution in [0.5, 0.6) is 0 Å². The molecule has 0 fully saturated rings. The second-order valence-electron chi connectivity index (χ2n) is 3.84. The number of aryl methyl sites for hydroxylation is 1. The van der Waals surface area contributed by atoms with Gasteiger partial charge in [-0.2, -0.15) is 5.10 Å². The summed E-state index contributed by atoms with van der Waals surface area (Å²) in [5, 5.41) is 5.38. The van der Waals surface area contributed by atoms with Crippen LogP contribution in [-0.2, 0) is 6.54 Å². The van der Waals surface area contributed by atoms with E-state index in [1.54, 1.807) is 10.9 Å². The Kier molecular flexibility index (Phi) is 4.33. The van der Waals surface area contributed by atoms with Gasteiger partial charge in [0.25, 0.3) is 0 Å². The molecular weight excluding hydrogens is 337 g/mol. The van der Waals surface area contributed by atoms with Gasteiger partial charge in [-0.25, -0.2) is 0 Å². The summed E-state index contributed by atoms with van der Waals surface area (Å²) in [5.41, 5.74) is 7.94. The molecule has 3 nitrogen and oxygen atoms in total. The molecule has 1 aromatic heterocycles. The number of aromatic nitrogens is 2. The monoisotopic (exact) mass is 347 g/mol. The fourth-order valence-electron chi connectivity index (χ4n) is 1.80. The topological polar surface area (TPSA) is 43.8 Å². The maximum Gasteiger partial charge on any atom is 0.0837 e. The number of nitrogens with zero attached hydrogens (tertiary/aromatic N) is 2. The van der Waals surface area contributed by atoms with Crippen LogP contribution in [0.4, 0.5) is 0 Å². The van der Waals surface area contributed by atoms with Crippen molar-refractivity contribution >= 4 is 39.1 Å². The van der Waals surface area contributed by atoms with Crippen molar-refractivity contribution in [3.8, 4) is 0 Å². The maximum absolute atomic E-state index is 6.24.